The van der Waals surface area contributed by atoms with Crippen LogP contribution in [-0.4, -0.2) is 43.7 Å². The first kappa shape index (κ1) is 21.0. The lowest BCUT2D eigenvalue weighted by Gasteiger charge is -2.39. The third kappa shape index (κ3) is 5.20. The van der Waals surface area contributed by atoms with E-state index in [1.807, 2.05) is 56.3 Å². The molecule has 28 heavy (non-hydrogen) atoms. The Kier molecular flexibility index (Phi) is 6.55. The van der Waals surface area contributed by atoms with E-state index in [-0.39, 0.29) is 10.9 Å². The molecule has 1 fully saturated rings. The van der Waals surface area contributed by atoms with Crippen molar-refractivity contribution in [3.63, 3.8) is 0 Å². The minimum Gasteiger partial charge on any atom is -0.390 e. The summed E-state index contributed by atoms with van der Waals surface area (Å²) in [5.74, 6) is 0. The van der Waals surface area contributed by atoms with Gasteiger partial charge in [-0.1, -0.05) is 55.0 Å². The minimum atomic E-state index is -3.63. The van der Waals surface area contributed by atoms with Crippen molar-refractivity contribution >= 4 is 10.0 Å². The normalized spacial score (nSPS) is 18.7. The highest BCUT2D eigenvalue weighted by molar-refractivity contribution is 7.89. The molecule has 1 aliphatic heterocycles. The highest BCUT2D eigenvalue weighted by atomic mass is 32.2. The van der Waals surface area contributed by atoms with Crippen molar-refractivity contribution in [2.45, 2.75) is 49.6 Å². The number of likely N-dealkylation sites (tertiary alicyclic amines) is 1. The van der Waals surface area contributed by atoms with Gasteiger partial charge in [0.05, 0.1) is 16.5 Å². The number of rotatable bonds is 7. The van der Waals surface area contributed by atoms with Gasteiger partial charge in [0.2, 0.25) is 10.0 Å². The molecule has 0 unspecified atom stereocenters. The highest BCUT2D eigenvalue weighted by Crippen LogP contribution is 2.27. The van der Waals surface area contributed by atoms with E-state index in [0.717, 1.165) is 43.5 Å². The van der Waals surface area contributed by atoms with Crippen LogP contribution in [0.3, 0.4) is 0 Å². The standard InChI is InChI=1S/C22H30N2O3S/c1-3-22(25)13-15-24(16-14-22)17-21(19-7-5-4-6-8-19)23-28(26,27)20-11-9-18(2)10-12-20/h4-12,21,23,25H,3,13-17H2,1-2H3/t21-/m0/s1. The molecule has 1 aliphatic rings. The number of piperidine rings is 1. The van der Waals surface area contributed by atoms with Gasteiger partial charge in [0.15, 0.2) is 0 Å². The van der Waals surface area contributed by atoms with Crippen LogP contribution in [0.4, 0.5) is 0 Å². The lowest BCUT2D eigenvalue weighted by Crippen LogP contribution is -2.47. The van der Waals surface area contributed by atoms with Crippen LogP contribution in [0.2, 0.25) is 0 Å². The monoisotopic (exact) mass is 402 g/mol. The maximum absolute atomic E-state index is 12.9. The Morgan fingerprint density at radius 1 is 1.07 bits per heavy atom. The molecular formula is C22H30N2O3S. The van der Waals surface area contributed by atoms with Crippen molar-refractivity contribution < 1.29 is 13.5 Å². The van der Waals surface area contributed by atoms with Crippen molar-refractivity contribution in [2.24, 2.45) is 0 Å². The number of nitrogens with one attached hydrogen (secondary N) is 1. The third-order valence-electron chi connectivity index (χ3n) is 5.72. The summed E-state index contributed by atoms with van der Waals surface area (Å²) in [6.45, 7) is 6.05. The molecule has 1 saturated heterocycles. The van der Waals surface area contributed by atoms with Gasteiger partial charge in [-0.05, 0) is 43.9 Å². The highest BCUT2D eigenvalue weighted by Gasteiger charge is 2.32. The smallest absolute Gasteiger partial charge is 0.241 e. The van der Waals surface area contributed by atoms with E-state index in [9.17, 15) is 13.5 Å². The van der Waals surface area contributed by atoms with Crippen molar-refractivity contribution in [3.05, 3.63) is 65.7 Å². The number of aryl methyl sites for hydroxylation is 1. The van der Waals surface area contributed by atoms with E-state index >= 15 is 0 Å². The summed E-state index contributed by atoms with van der Waals surface area (Å²) >= 11 is 0. The first-order valence-electron chi connectivity index (χ1n) is 9.90. The van der Waals surface area contributed by atoms with Gasteiger partial charge in [0, 0.05) is 19.6 Å². The average Bonchev–Trinajstić information content (AvgIpc) is 2.70. The zero-order valence-electron chi connectivity index (χ0n) is 16.6. The van der Waals surface area contributed by atoms with Crippen LogP contribution >= 0.6 is 0 Å². The Bertz CT molecular complexity index is 858. The van der Waals surface area contributed by atoms with Crippen LogP contribution in [0.25, 0.3) is 0 Å². The maximum Gasteiger partial charge on any atom is 0.241 e. The third-order valence-corrected chi connectivity index (χ3v) is 7.20. The van der Waals surface area contributed by atoms with Crippen LogP contribution in [-0.2, 0) is 10.0 Å². The summed E-state index contributed by atoms with van der Waals surface area (Å²) in [4.78, 5) is 2.51. The fraction of sp³-hybridized carbons (Fsp3) is 0.455. The fourth-order valence-corrected chi connectivity index (χ4v) is 4.85. The fourth-order valence-electron chi connectivity index (χ4n) is 3.63. The number of benzene rings is 2. The lowest BCUT2D eigenvalue weighted by molar-refractivity contribution is -0.0251. The average molecular weight is 403 g/mol. The van der Waals surface area contributed by atoms with Crippen molar-refractivity contribution in [2.75, 3.05) is 19.6 Å². The number of hydrogen-bond acceptors (Lipinski definition) is 4. The Morgan fingerprint density at radius 2 is 1.68 bits per heavy atom. The van der Waals surface area contributed by atoms with Crippen LogP contribution in [0.15, 0.2) is 59.5 Å². The second-order valence-corrected chi connectivity index (χ2v) is 9.49. The minimum absolute atomic E-state index is 0.276. The first-order valence-corrected chi connectivity index (χ1v) is 11.4. The molecule has 3 rings (SSSR count). The zero-order valence-corrected chi connectivity index (χ0v) is 17.5. The second-order valence-electron chi connectivity index (χ2n) is 7.78. The van der Waals surface area contributed by atoms with Gasteiger partial charge >= 0.3 is 0 Å². The summed E-state index contributed by atoms with van der Waals surface area (Å²) in [5, 5.41) is 10.5. The molecule has 2 aromatic carbocycles. The summed E-state index contributed by atoms with van der Waals surface area (Å²) in [6.07, 6.45) is 2.19. The molecule has 5 nitrogen and oxygen atoms in total. The Balaban J connectivity index is 1.78. The molecule has 0 bridgehead atoms. The lowest BCUT2D eigenvalue weighted by atomic mass is 9.89. The molecule has 0 spiro atoms. The predicted octanol–water partition coefficient (Wildman–Crippen LogP) is 3.25. The molecule has 0 amide bonds. The molecule has 0 aliphatic carbocycles. The van der Waals surface area contributed by atoms with Crippen molar-refractivity contribution in [1.29, 1.82) is 0 Å². The Labute approximate surface area is 168 Å². The Hall–Kier alpha value is -1.73. The predicted molar refractivity (Wildman–Crippen MR) is 112 cm³/mol. The van der Waals surface area contributed by atoms with E-state index < -0.39 is 15.6 Å². The summed E-state index contributed by atoms with van der Waals surface area (Å²) in [5.41, 5.74) is 1.38. The van der Waals surface area contributed by atoms with E-state index in [1.165, 1.54) is 0 Å². The van der Waals surface area contributed by atoms with E-state index in [0.29, 0.717) is 6.54 Å². The largest absolute Gasteiger partial charge is 0.390 e. The molecule has 1 heterocycles. The molecule has 0 saturated carbocycles. The summed E-state index contributed by atoms with van der Waals surface area (Å²) in [6, 6.07) is 16.2. The molecule has 152 valence electrons. The van der Waals surface area contributed by atoms with Gasteiger partial charge in [-0.25, -0.2) is 13.1 Å². The SMILES string of the molecule is CCC1(O)CCN(C[C@H](NS(=O)(=O)c2ccc(C)cc2)c2ccccc2)CC1. The quantitative estimate of drug-likeness (QED) is 0.746. The molecule has 0 aromatic heterocycles. The van der Waals surface area contributed by atoms with Crippen molar-refractivity contribution in [1.82, 2.24) is 9.62 Å². The number of hydrogen-bond donors (Lipinski definition) is 2. The number of sulfonamides is 1. The van der Waals surface area contributed by atoms with Crippen LogP contribution < -0.4 is 4.72 Å². The Morgan fingerprint density at radius 3 is 2.25 bits per heavy atom. The molecule has 2 aromatic rings. The molecule has 1 atom stereocenters. The number of aliphatic hydroxyl groups is 1. The maximum atomic E-state index is 12.9. The number of nitrogens with zero attached hydrogens (tertiary/aromatic N) is 1. The van der Waals surface area contributed by atoms with E-state index in [4.69, 9.17) is 0 Å². The zero-order chi connectivity index (χ0) is 20.2. The van der Waals surface area contributed by atoms with Gasteiger partial charge in [0.25, 0.3) is 0 Å². The topological polar surface area (TPSA) is 69.6 Å². The van der Waals surface area contributed by atoms with Crippen LogP contribution in [0, 0.1) is 6.92 Å². The van der Waals surface area contributed by atoms with Crippen LogP contribution in [0.5, 0.6) is 0 Å². The first-order chi connectivity index (χ1) is 13.3. The summed E-state index contributed by atoms with van der Waals surface area (Å²) < 4.78 is 28.8. The molecule has 2 N–H and O–H groups in total. The second kappa shape index (κ2) is 8.74. The van der Waals surface area contributed by atoms with Crippen molar-refractivity contribution in [3.8, 4) is 0 Å². The van der Waals surface area contributed by atoms with E-state index in [1.54, 1.807) is 12.1 Å². The van der Waals surface area contributed by atoms with Gasteiger partial charge < -0.3 is 10.0 Å². The van der Waals surface area contributed by atoms with Gasteiger partial charge in [-0.2, -0.15) is 0 Å². The molecule has 0 radical (unpaired) electrons. The van der Waals surface area contributed by atoms with Crippen LogP contribution in [0.1, 0.15) is 43.4 Å². The van der Waals surface area contributed by atoms with E-state index in [2.05, 4.69) is 9.62 Å². The van der Waals surface area contributed by atoms with Gasteiger partial charge in [-0.3, -0.25) is 0 Å². The van der Waals surface area contributed by atoms with Gasteiger partial charge in [-0.15, -0.1) is 0 Å². The molecular weight excluding hydrogens is 372 g/mol. The molecule has 6 heteroatoms. The summed E-state index contributed by atoms with van der Waals surface area (Å²) in [7, 11) is -3.63. The van der Waals surface area contributed by atoms with Gasteiger partial charge in [0.1, 0.15) is 0 Å².